The molecular formula is C30H35Cl2N3O6S. The highest BCUT2D eigenvalue weighted by atomic mass is 35.5. The molecule has 1 atom stereocenters. The van der Waals surface area contributed by atoms with Crippen LogP contribution in [0.15, 0.2) is 71.6 Å². The maximum absolute atomic E-state index is 14.2. The summed E-state index contributed by atoms with van der Waals surface area (Å²) in [5, 5.41) is 3.49. The van der Waals surface area contributed by atoms with E-state index in [1.165, 1.54) is 37.3 Å². The zero-order chi connectivity index (χ0) is 31.0. The number of nitrogens with one attached hydrogen (secondary N) is 1. The molecule has 9 nitrogen and oxygen atoms in total. The van der Waals surface area contributed by atoms with Gasteiger partial charge in [-0.25, -0.2) is 8.42 Å². The summed E-state index contributed by atoms with van der Waals surface area (Å²) in [6.45, 7) is 4.69. The number of amides is 2. The minimum atomic E-state index is -4.30. The molecule has 0 saturated carbocycles. The maximum Gasteiger partial charge on any atom is 0.264 e. The molecule has 3 aromatic rings. The predicted molar refractivity (Wildman–Crippen MR) is 165 cm³/mol. The molecule has 3 aromatic carbocycles. The van der Waals surface area contributed by atoms with Gasteiger partial charge in [0.2, 0.25) is 11.8 Å². The lowest BCUT2D eigenvalue weighted by Gasteiger charge is -2.34. The molecule has 0 aliphatic rings. The number of carbonyl (C=O) groups is 2. The highest BCUT2D eigenvalue weighted by molar-refractivity contribution is 7.92. The number of hydrogen-bond acceptors (Lipinski definition) is 6. The van der Waals surface area contributed by atoms with Gasteiger partial charge in [-0.15, -0.1) is 0 Å². The summed E-state index contributed by atoms with van der Waals surface area (Å²) in [5.74, 6) is -0.435. The van der Waals surface area contributed by atoms with Crippen molar-refractivity contribution in [3.63, 3.8) is 0 Å². The van der Waals surface area contributed by atoms with E-state index >= 15 is 0 Å². The van der Waals surface area contributed by atoms with Gasteiger partial charge in [-0.1, -0.05) is 54.4 Å². The molecule has 226 valence electrons. The van der Waals surface area contributed by atoms with Crippen LogP contribution in [0.1, 0.15) is 32.8 Å². The van der Waals surface area contributed by atoms with Crippen LogP contribution in [0.4, 0.5) is 5.69 Å². The Morgan fingerprint density at radius 1 is 0.905 bits per heavy atom. The number of methoxy groups -OCH3 is 2. The van der Waals surface area contributed by atoms with Gasteiger partial charge in [-0.05, 0) is 56.7 Å². The smallest absolute Gasteiger partial charge is 0.264 e. The van der Waals surface area contributed by atoms with Crippen LogP contribution < -0.4 is 19.1 Å². The second-order valence-corrected chi connectivity index (χ2v) is 12.3. The van der Waals surface area contributed by atoms with Gasteiger partial charge in [-0.3, -0.25) is 13.9 Å². The first-order valence-electron chi connectivity index (χ1n) is 13.3. The second-order valence-electron chi connectivity index (χ2n) is 9.67. The SMILES string of the molecule is CC[C@H](C(=O)NC(C)C)N(Cc1c(Cl)cccc1Cl)C(=O)CN(c1ccccc1)S(=O)(=O)c1ccc(OC)c(OC)c1. The van der Waals surface area contributed by atoms with Crippen LogP contribution in [0, 0.1) is 0 Å². The van der Waals surface area contributed by atoms with E-state index in [1.807, 2.05) is 13.8 Å². The zero-order valence-corrected chi connectivity index (χ0v) is 26.5. The molecule has 0 bridgehead atoms. The molecule has 3 rings (SSSR count). The fourth-order valence-electron chi connectivity index (χ4n) is 4.38. The Labute approximate surface area is 257 Å². The summed E-state index contributed by atoms with van der Waals surface area (Å²) in [5.41, 5.74) is 0.704. The van der Waals surface area contributed by atoms with Gasteiger partial charge in [0.25, 0.3) is 10.0 Å². The largest absolute Gasteiger partial charge is 0.493 e. The number of para-hydroxylation sites is 1. The van der Waals surface area contributed by atoms with Crippen LogP contribution in [-0.4, -0.2) is 58.0 Å². The van der Waals surface area contributed by atoms with Crippen LogP contribution in [0.3, 0.4) is 0 Å². The fourth-order valence-corrected chi connectivity index (χ4v) is 6.33. The summed E-state index contributed by atoms with van der Waals surface area (Å²) in [7, 11) is -1.46. The summed E-state index contributed by atoms with van der Waals surface area (Å²) in [6, 6.07) is 16.3. The molecule has 0 spiro atoms. The van der Waals surface area contributed by atoms with Crippen molar-refractivity contribution >= 4 is 50.7 Å². The minimum Gasteiger partial charge on any atom is -0.493 e. The number of benzene rings is 3. The molecule has 0 heterocycles. The van der Waals surface area contributed by atoms with Crippen molar-refractivity contribution in [3.8, 4) is 11.5 Å². The lowest BCUT2D eigenvalue weighted by atomic mass is 10.1. The number of anilines is 1. The van der Waals surface area contributed by atoms with Crippen molar-refractivity contribution in [2.24, 2.45) is 0 Å². The zero-order valence-electron chi connectivity index (χ0n) is 24.1. The quantitative estimate of drug-likeness (QED) is 0.264. The normalized spacial score (nSPS) is 12.0. The predicted octanol–water partition coefficient (Wildman–Crippen LogP) is 5.54. The molecule has 0 aromatic heterocycles. The fraction of sp³-hybridized carbons (Fsp3) is 0.333. The van der Waals surface area contributed by atoms with E-state index in [2.05, 4.69) is 5.32 Å². The third-order valence-electron chi connectivity index (χ3n) is 6.47. The number of sulfonamides is 1. The summed E-state index contributed by atoms with van der Waals surface area (Å²) in [4.78, 5) is 28.6. The Morgan fingerprint density at radius 2 is 1.52 bits per heavy atom. The van der Waals surface area contributed by atoms with Crippen molar-refractivity contribution in [2.75, 3.05) is 25.1 Å². The number of ether oxygens (including phenoxy) is 2. The maximum atomic E-state index is 14.2. The first-order valence-corrected chi connectivity index (χ1v) is 15.5. The Morgan fingerprint density at radius 3 is 2.07 bits per heavy atom. The molecule has 0 aliphatic carbocycles. The van der Waals surface area contributed by atoms with E-state index in [4.69, 9.17) is 32.7 Å². The van der Waals surface area contributed by atoms with Crippen LogP contribution in [0.2, 0.25) is 10.0 Å². The van der Waals surface area contributed by atoms with Gasteiger partial charge in [-0.2, -0.15) is 0 Å². The van der Waals surface area contributed by atoms with Gasteiger partial charge in [0, 0.05) is 34.3 Å². The van der Waals surface area contributed by atoms with E-state index in [-0.39, 0.29) is 41.2 Å². The first-order chi connectivity index (χ1) is 19.9. The molecule has 42 heavy (non-hydrogen) atoms. The van der Waals surface area contributed by atoms with Crippen LogP contribution >= 0.6 is 23.2 Å². The molecule has 0 radical (unpaired) electrons. The van der Waals surface area contributed by atoms with Crippen molar-refractivity contribution < 1.29 is 27.5 Å². The van der Waals surface area contributed by atoms with E-state index in [0.717, 1.165) is 4.31 Å². The van der Waals surface area contributed by atoms with Crippen LogP contribution in [0.25, 0.3) is 0 Å². The molecule has 0 aliphatic heterocycles. The Bertz CT molecular complexity index is 1480. The average molecular weight is 637 g/mol. The average Bonchev–Trinajstić information content (AvgIpc) is 2.96. The number of nitrogens with zero attached hydrogens (tertiary/aromatic N) is 2. The van der Waals surface area contributed by atoms with Gasteiger partial charge < -0.3 is 19.7 Å². The van der Waals surface area contributed by atoms with Crippen molar-refractivity contribution in [1.82, 2.24) is 10.2 Å². The van der Waals surface area contributed by atoms with Gasteiger partial charge >= 0.3 is 0 Å². The summed E-state index contributed by atoms with van der Waals surface area (Å²) < 4.78 is 39.7. The molecule has 0 unspecified atom stereocenters. The highest BCUT2D eigenvalue weighted by Crippen LogP contribution is 2.33. The molecule has 2 amide bonds. The Kier molecular flexibility index (Phi) is 11.5. The van der Waals surface area contributed by atoms with Crippen molar-refractivity contribution in [1.29, 1.82) is 0 Å². The van der Waals surface area contributed by atoms with E-state index < -0.39 is 28.5 Å². The monoisotopic (exact) mass is 635 g/mol. The topological polar surface area (TPSA) is 105 Å². The number of carbonyl (C=O) groups excluding carboxylic acids is 2. The molecule has 12 heteroatoms. The lowest BCUT2D eigenvalue weighted by Crippen LogP contribution is -2.53. The highest BCUT2D eigenvalue weighted by Gasteiger charge is 2.34. The van der Waals surface area contributed by atoms with Gasteiger partial charge in [0.15, 0.2) is 11.5 Å². The van der Waals surface area contributed by atoms with Crippen LogP contribution in [0.5, 0.6) is 11.5 Å². The molecular weight excluding hydrogens is 601 g/mol. The summed E-state index contributed by atoms with van der Waals surface area (Å²) >= 11 is 12.9. The number of hydrogen-bond donors (Lipinski definition) is 1. The molecule has 0 saturated heterocycles. The van der Waals surface area contributed by atoms with E-state index in [0.29, 0.717) is 21.4 Å². The Hall–Kier alpha value is -3.47. The van der Waals surface area contributed by atoms with Crippen molar-refractivity contribution in [3.05, 3.63) is 82.3 Å². The van der Waals surface area contributed by atoms with Gasteiger partial charge in [0.1, 0.15) is 12.6 Å². The standard InChI is InChI=1S/C30H35Cl2N3O6S/c1-6-26(30(37)33-20(2)3)34(18-23-24(31)13-10-14-25(23)32)29(36)19-35(21-11-8-7-9-12-21)42(38,39)22-15-16-27(40-4)28(17-22)41-5/h7-17,20,26H,6,18-19H2,1-5H3,(H,33,37)/t26-/m1/s1. The van der Waals surface area contributed by atoms with E-state index in [9.17, 15) is 18.0 Å². The van der Waals surface area contributed by atoms with Gasteiger partial charge in [0.05, 0.1) is 24.8 Å². The summed E-state index contributed by atoms with van der Waals surface area (Å²) in [6.07, 6.45) is 0.264. The van der Waals surface area contributed by atoms with E-state index in [1.54, 1.807) is 55.5 Å². The third kappa shape index (κ3) is 7.67. The minimum absolute atomic E-state index is 0.109. The first kappa shape index (κ1) is 33.0. The molecule has 0 fully saturated rings. The third-order valence-corrected chi connectivity index (χ3v) is 8.95. The lowest BCUT2D eigenvalue weighted by molar-refractivity contribution is -0.140. The van der Waals surface area contributed by atoms with Crippen LogP contribution in [-0.2, 0) is 26.2 Å². The second kappa shape index (κ2) is 14.6. The number of halogens is 2. The Balaban J connectivity index is 2.11. The number of rotatable bonds is 13. The molecule has 1 N–H and O–H groups in total. The van der Waals surface area contributed by atoms with Crippen molar-refractivity contribution in [2.45, 2.75) is 50.7 Å².